The van der Waals surface area contributed by atoms with Gasteiger partial charge in [-0.05, 0) is 25.3 Å². The third-order valence-corrected chi connectivity index (χ3v) is 4.14. The SMILES string of the molecule is CC(CO)(NC(=O)CN1CCC(N)CC1)c1ccccc1. The lowest BCUT2D eigenvalue weighted by Gasteiger charge is -2.33. The van der Waals surface area contributed by atoms with Gasteiger partial charge in [0.1, 0.15) is 0 Å². The molecule has 0 saturated carbocycles. The number of rotatable bonds is 5. The summed E-state index contributed by atoms with van der Waals surface area (Å²) in [6.07, 6.45) is 1.87. The number of aliphatic hydroxyl groups excluding tert-OH is 1. The van der Waals surface area contributed by atoms with E-state index in [9.17, 15) is 9.90 Å². The minimum atomic E-state index is -0.746. The first kappa shape index (κ1) is 15.9. The van der Waals surface area contributed by atoms with Crippen molar-refractivity contribution < 1.29 is 9.90 Å². The molecule has 0 aliphatic carbocycles. The van der Waals surface area contributed by atoms with E-state index in [-0.39, 0.29) is 18.6 Å². The second-order valence-electron chi connectivity index (χ2n) is 6.02. The van der Waals surface area contributed by atoms with Crippen LogP contribution < -0.4 is 11.1 Å². The molecule has 1 aromatic carbocycles. The molecule has 116 valence electrons. The zero-order valence-corrected chi connectivity index (χ0v) is 12.6. The molecule has 1 aliphatic rings. The van der Waals surface area contributed by atoms with Gasteiger partial charge < -0.3 is 16.2 Å². The van der Waals surface area contributed by atoms with E-state index in [0.29, 0.717) is 6.54 Å². The number of nitrogens with one attached hydrogen (secondary N) is 1. The van der Waals surface area contributed by atoms with E-state index in [1.54, 1.807) is 0 Å². The van der Waals surface area contributed by atoms with Crippen molar-refractivity contribution in [3.63, 3.8) is 0 Å². The van der Waals surface area contributed by atoms with E-state index >= 15 is 0 Å². The normalized spacial score (nSPS) is 20.0. The highest BCUT2D eigenvalue weighted by Crippen LogP contribution is 2.19. The van der Waals surface area contributed by atoms with Crippen LogP contribution in [0.2, 0.25) is 0 Å². The highest BCUT2D eigenvalue weighted by atomic mass is 16.3. The van der Waals surface area contributed by atoms with Crippen molar-refractivity contribution in [3.05, 3.63) is 35.9 Å². The number of likely N-dealkylation sites (tertiary alicyclic amines) is 1. The minimum Gasteiger partial charge on any atom is -0.394 e. The smallest absolute Gasteiger partial charge is 0.234 e. The van der Waals surface area contributed by atoms with Gasteiger partial charge in [0.2, 0.25) is 5.91 Å². The van der Waals surface area contributed by atoms with Crippen LogP contribution in [0.3, 0.4) is 0 Å². The molecule has 0 spiro atoms. The number of nitrogens with two attached hydrogens (primary N) is 1. The lowest BCUT2D eigenvalue weighted by atomic mass is 9.93. The molecule has 5 nitrogen and oxygen atoms in total. The lowest BCUT2D eigenvalue weighted by Crippen LogP contribution is -2.51. The fourth-order valence-electron chi connectivity index (χ4n) is 2.67. The third kappa shape index (κ3) is 4.27. The average Bonchev–Trinajstić information content (AvgIpc) is 2.50. The van der Waals surface area contributed by atoms with Crippen LogP contribution in [0.1, 0.15) is 25.3 Å². The lowest BCUT2D eigenvalue weighted by molar-refractivity contribution is -0.125. The Kier molecular flexibility index (Phi) is 5.33. The monoisotopic (exact) mass is 291 g/mol. The van der Waals surface area contributed by atoms with Crippen LogP contribution in [-0.2, 0) is 10.3 Å². The Bertz CT molecular complexity index is 458. The molecule has 5 heteroatoms. The molecule has 1 fully saturated rings. The van der Waals surface area contributed by atoms with E-state index in [0.717, 1.165) is 31.5 Å². The Labute approximate surface area is 126 Å². The van der Waals surface area contributed by atoms with Crippen molar-refractivity contribution in [2.75, 3.05) is 26.2 Å². The summed E-state index contributed by atoms with van der Waals surface area (Å²) < 4.78 is 0. The standard InChI is InChI=1S/C16H25N3O2/c1-16(12-20,13-5-3-2-4-6-13)18-15(21)11-19-9-7-14(17)8-10-19/h2-6,14,20H,7-12,17H2,1H3,(H,18,21). The van der Waals surface area contributed by atoms with Crippen molar-refractivity contribution in [2.24, 2.45) is 5.73 Å². The van der Waals surface area contributed by atoms with Crippen LogP contribution in [-0.4, -0.2) is 48.2 Å². The molecule has 1 unspecified atom stereocenters. The maximum atomic E-state index is 12.2. The number of amides is 1. The van der Waals surface area contributed by atoms with Gasteiger partial charge in [0, 0.05) is 19.1 Å². The summed E-state index contributed by atoms with van der Waals surface area (Å²) in [6, 6.07) is 9.81. The van der Waals surface area contributed by atoms with E-state index in [1.165, 1.54) is 0 Å². The number of hydrogen-bond donors (Lipinski definition) is 3. The molecule has 0 aromatic heterocycles. The van der Waals surface area contributed by atoms with Crippen molar-refractivity contribution in [2.45, 2.75) is 31.3 Å². The van der Waals surface area contributed by atoms with Crippen molar-refractivity contribution in [3.8, 4) is 0 Å². The van der Waals surface area contributed by atoms with Gasteiger partial charge in [-0.3, -0.25) is 9.69 Å². The maximum absolute atomic E-state index is 12.2. The second-order valence-corrected chi connectivity index (χ2v) is 6.02. The molecule has 1 saturated heterocycles. The molecule has 21 heavy (non-hydrogen) atoms. The first-order chi connectivity index (χ1) is 10.0. The van der Waals surface area contributed by atoms with E-state index in [4.69, 9.17) is 5.73 Å². The zero-order chi connectivity index (χ0) is 15.3. The summed E-state index contributed by atoms with van der Waals surface area (Å²) in [5.41, 5.74) is 6.03. The number of carbonyl (C=O) groups excluding carboxylic acids is 1. The number of aliphatic hydroxyl groups is 1. The van der Waals surface area contributed by atoms with Crippen molar-refractivity contribution in [1.29, 1.82) is 0 Å². The Morgan fingerprint density at radius 2 is 2.00 bits per heavy atom. The van der Waals surface area contributed by atoms with E-state index < -0.39 is 5.54 Å². The fourth-order valence-corrected chi connectivity index (χ4v) is 2.67. The van der Waals surface area contributed by atoms with Crippen LogP contribution in [0.4, 0.5) is 0 Å². The number of nitrogens with zero attached hydrogens (tertiary/aromatic N) is 1. The van der Waals surface area contributed by atoms with Gasteiger partial charge in [-0.2, -0.15) is 0 Å². The highest BCUT2D eigenvalue weighted by molar-refractivity contribution is 5.79. The molecule has 1 aromatic rings. The molecular formula is C16H25N3O2. The molecule has 2 rings (SSSR count). The molecule has 0 radical (unpaired) electrons. The van der Waals surface area contributed by atoms with Crippen molar-refractivity contribution in [1.82, 2.24) is 10.2 Å². The maximum Gasteiger partial charge on any atom is 0.234 e. The Hall–Kier alpha value is -1.43. The quantitative estimate of drug-likeness (QED) is 0.735. The molecule has 1 amide bonds. The van der Waals surface area contributed by atoms with Gasteiger partial charge in [0.15, 0.2) is 0 Å². The van der Waals surface area contributed by atoms with Gasteiger partial charge in [-0.25, -0.2) is 0 Å². The third-order valence-electron chi connectivity index (χ3n) is 4.14. The summed E-state index contributed by atoms with van der Waals surface area (Å²) in [6.45, 7) is 3.78. The predicted molar refractivity (Wildman–Crippen MR) is 82.7 cm³/mol. The number of piperidine rings is 1. The number of carbonyl (C=O) groups is 1. The summed E-state index contributed by atoms with van der Waals surface area (Å²) in [4.78, 5) is 14.4. The molecule has 1 heterocycles. The zero-order valence-electron chi connectivity index (χ0n) is 12.6. The molecule has 1 atom stereocenters. The van der Waals surface area contributed by atoms with Crippen LogP contribution >= 0.6 is 0 Å². The van der Waals surface area contributed by atoms with Gasteiger partial charge in [0.05, 0.1) is 18.7 Å². The number of benzene rings is 1. The number of hydrogen-bond acceptors (Lipinski definition) is 4. The van der Waals surface area contributed by atoms with Gasteiger partial charge in [0.25, 0.3) is 0 Å². The summed E-state index contributed by atoms with van der Waals surface area (Å²) in [7, 11) is 0. The second kappa shape index (κ2) is 7.02. The predicted octanol–water partition coefficient (Wildman–Crippen LogP) is 0.433. The van der Waals surface area contributed by atoms with E-state index in [1.807, 2.05) is 37.3 Å². The van der Waals surface area contributed by atoms with Gasteiger partial charge in [-0.1, -0.05) is 30.3 Å². The Morgan fingerprint density at radius 1 is 1.38 bits per heavy atom. The van der Waals surface area contributed by atoms with Crippen LogP contribution in [0.5, 0.6) is 0 Å². The van der Waals surface area contributed by atoms with Crippen LogP contribution in [0.25, 0.3) is 0 Å². The highest BCUT2D eigenvalue weighted by Gasteiger charge is 2.28. The summed E-state index contributed by atoms with van der Waals surface area (Å²) in [5.74, 6) is -0.0640. The minimum absolute atomic E-state index is 0.0640. The topological polar surface area (TPSA) is 78.6 Å². The van der Waals surface area contributed by atoms with E-state index in [2.05, 4.69) is 10.2 Å². The van der Waals surface area contributed by atoms with Crippen LogP contribution in [0.15, 0.2) is 30.3 Å². The molecule has 4 N–H and O–H groups in total. The molecule has 0 bridgehead atoms. The fraction of sp³-hybridized carbons (Fsp3) is 0.562. The summed E-state index contributed by atoms with van der Waals surface area (Å²) in [5, 5.41) is 12.6. The first-order valence-corrected chi connectivity index (χ1v) is 7.49. The van der Waals surface area contributed by atoms with Crippen LogP contribution in [0, 0.1) is 0 Å². The average molecular weight is 291 g/mol. The van der Waals surface area contributed by atoms with Gasteiger partial charge in [-0.15, -0.1) is 0 Å². The molecular weight excluding hydrogens is 266 g/mol. The first-order valence-electron chi connectivity index (χ1n) is 7.49. The van der Waals surface area contributed by atoms with Gasteiger partial charge >= 0.3 is 0 Å². The van der Waals surface area contributed by atoms with Crippen molar-refractivity contribution >= 4 is 5.91 Å². The summed E-state index contributed by atoms with van der Waals surface area (Å²) >= 11 is 0. The Balaban J connectivity index is 1.94. The Morgan fingerprint density at radius 3 is 2.57 bits per heavy atom. The largest absolute Gasteiger partial charge is 0.394 e. The molecule has 1 aliphatic heterocycles.